The minimum atomic E-state index is -0.509. The van der Waals surface area contributed by atoms with Crippen LogP contribution in [0.4, 0.5) is 0 Å². The molecular weight excluding hydrogens is 344 g/mol. The molecule has 2 heterocycles. The van der Waals surface area contributed by atoms with E-state index in [2.05, 4.69) is 16.9 Å². The summed E-state index contributed by atoms with van der Waals surface area (Å²) in [6.07, 6.45) is 3.76. The molecule has 2 rings (SSSR count). The van der Waals surface area contributed by atoms with Crippen molar-refractivity contribution < 1.29 is 9.53 Å². The van der Waals surface area contributed by atoms with Crippen molar-refractivity contribution in [3.8, 4) is 0 Å². The highest BCUT2D eigenvalue weighted by Gasteiger charge is 2.18. The molecule has 25 heavy (non-hydrogen) atoms. The molecule has 0 radical (unpaired) electrons. The Kier molecular flexibility index (Phi) is 6.86. The van der Waals surface area contributed by atoms with Gasteiger partial charge in [0.25, 0.3) is 5.56 Å². The average Bonchev–Trinajstić information content (AvgIpc) is 2.94. The van der Waals surface area contributed by atoms with E-state index in [0.717, 1.165) is 25.7 Å². The molecule has 9 heteroatoms. The summed E-state index contributed by atoms with van der Waals surface area (Å²) >= 11 is 1.22. The lowest BCUT2D eigenvalue weighted by Crippen LogP contribution is -2.29. The number of aryl methyl sites for hydroxylation is 2. The van der Waals surface area contributed by atoms with Gasteiger partial charge in [-0.15, -0.1) is 0 Å². The summed E-state index contributed by atoms with van der Waals surface area (Å²) in [5.41, 5.74) is -0.303. The topological polar surface area (TPSA) is 99.0 Å². The van der Waals surface area contributed by atoms with Gasteiger partial charge in [0.2, 0.25) is 0 Å². The van der Waals surface area contributed by atoms with Gasteiger partial charge in [-0.3, -0.25) is 19.1 Å². The van der Waals surface area contributed by atoms with Gasteiger partial charge in [0.1, 0.15) is 0 Å². The Morgan fingerprint density at radius 1 is 1.24 bits per heavy atom. The normalized spacial score (nSPS) is 11.2. The van der Waals surface area contributed by atoms with Gasteiger partial charge in [0.05, 0.1) is 12.4 Å². The molecule has 0 unspecified atom stereocenters. The first kappa shape index (κ1) is 19.3. The third kappa shape index (κ3) is 4.53. The molecule has 0 fully saturated rings. The van der Waals surface area contributed by atoms with E-state index < -0.39 is 11.2 Å². The molecule has 0 atom stereocenters. The highest BCUT2D eigenvalue weighted by molar-refractivity contribution is 7.99. The molecule has 2 aromatic rings. The SMILES string of the molecule is CCCCCOC(=O)CSc1nc2c(c(=O)[nH]c(=O)n2C)n1CCC. The highest BCUT2D eigenvalue weighted by Crippen LogP contribution is 2.22. The Bertz CT molecular complexity index is 852. The van der Waals surface area contributed by atoms with Crippen molar-refractivity contribution in [2.75, 3.05) is 12.4 Å². The monoisotopic (exact) mass is 368 g/mol. The van der Waals surface area contributed by atoms with Gasteiger partial charge in [-0.05, 0) is 12.8 Å². The first-order valence-electron chi connectivity index (χ1n) is 8.47. The number of aromatic amines is 1. The Hall–Kier alpha value is -2.03. The number of aromatic nitrogens is 4. The molecule has 0 saturated carbocycles. The molecule has 0 bridgehead atoms. The summed E-state index contributed by atoms with van der Waals surface area (Å²) in [7, 11) is 1.56. The molecule has 1 N–H and O–H groups in total. The van der Waals surface area contributed by atoms with Crippen molar-refractivity contribution >= 4 is 28.9 Å². The molecule has 138 valence electrons. The lowest BCUT2D eigenvalue weighted by atomic mass is 10.3. The lowest BCUT2D eigenvalue weighted by molar-refractivity contribution is -0.140. The Labute approximate surface area is 149 Å². The van der Waals surface area contributed by atoms with Crippen LogP contribution in [0, 0.1) is 0 Å². The number of rotatable bonds is 9. The van der Waals surface area contributed by atoms with Crippen molar-refractivity contribution in [1.82, 2.24) is 19.1 Å². The van der Waals surface area contributed by atoms with E-state index >= 15 is 0 Å². The molecule has 2 aromatic heterocycles. The van der Waals surface area contributed by atoms with Crippen molar-refractivity contribution in [3.63, 3.8) is 0 Å². The molecule has 0 spiro atoms. The highest BCUT2D eigenvalue weighted by atomic mass is 32.2. The maximum absolute atomic E-state index is 12.2. The standard InChI is InChI=1S/C16H24N4O4S/c1-4-6-7-9-24-11(21)10-25-16-17-13-12(20(16)8-5-2)14(22)18-15(23)19(13)3/h4-10H2,1-3H3,(H,18,22,23). The number of thioether (sulfide) groups is 1. The fraction of sp³-hybridized carbons (Fsp3) is 0.625. The van der Waals surface area contributed by atoms with Crippen LogP contribution in [0.2, 0.25) is 0 Å². The van der Waals surface area contributed by atoms with Gasteiger partial charge >= 0.3 is 11.7 Å². The van der Waals surface area contributed by atoms with E-state index in [0.29, 0.717) is 29.5 Å². The molecule has 8 nitrogen and oxygen atoms in total. The van der Waals surface area contributed by atoms with E-state index in [9.17, 15) is 14.4 Å². The summed E-state index contributed by atoms with van der Waals surface area (Å²) in [6.45, 7) is 5.07. The van der Waals surface area contributed by atoms with Crippen LogP contribution in [0.5, 0.6) is 0 Å². The van der Waals surface area contributed by atoms with Crippen LogP contribution in [0.1, 0.15) is 39.5 Å². The Morgan fingerprint density at radius 2 is 2.00 bits per heavy atom. The van der Waals surface area contributed by atoms with Crippen LogP contribution < -0.4 is 11.2 Å². The molecule has 0 aromatic carbocycles. The quantitative estimate of drug-likeness (QED) is 0.410. The third-order valence-electron chi connectivity index (χ3n) is 3.75. The van der Waals surface area contributed by atoms with E-state index in [-0.39, 0.29) is 11.7 Å². The molecule has 0 aliphatic rings. The number of unbranched alkanes of at least 4 members (excludes halogenated alkanes) is 2. The van der Waals surface area contributed by atoms with E-state index in [4.69, 9.17) is 4.74 Å². The van der Waals surface area contributed by atoms with E-state index in [1.807, 2.05) is 6.92 Å². The molecule has 0 aliphatic carbocycles. The summed E-state index contributed by atoms with van der Waals surface area (Å²) in [5, 5.41) is 0.536. The zero-order chi connectivity index (χ0) is 18.4. The minimum Gasteiger partial charge on any atom is -0.465 e. The second-order valence-electron chi connectivity index (χ2n) is 5.75. The van der Waals surface area contributed by atoms with E-state index in [1.165, 1.54) is 16.3 Å². The fourth-order valence-corrected chi connectivity index (χ4v) is 3.28. The summed E-state index contributed by atoms with van der Waals surface area (Å²) in [4.78, 5) is 42.5. The predicted octanol–water partition coefficient (Wildman–Crippen LogP) is 1.66. The maximum Gasteiger partial charge on any atom is 0.329 e. The molecule has 0 aliphatic heterocycles. The predicted molar refractivity (Wildman–Crippen MR) is 97.1 cm³/mol. The summed E-state index contributed by atoms with van der Waals surface area (Å²) in [5.74, 6) is -0.190. The Morgan fingerprint density at radius 3 is 2.68 bits per heavy atom. The molecular formula is C16H24N4O4S. The largest absolute Gasteiger partial charge is 0.465 e. The number of imidazole rings is 1. The number of nitrogens with one attached hydrogen (secondary N) is 1. The lowest BCUT2D eigenvalue weighted by Gasteiger charge is -2.07. The number of esters is 1. The van der Waals surface area contributed by atoms with Crippen molar-refractivity contribution in [1.29, 1.82) is 0 Å². The van der Waals surface area contributed by atoms with Gasteiger partial charge in [-0.1, -0.05) is 38.5 Å². The molecule has 0 amide bonds. The van der Waals surface area contributed by atoms with Crippen molar-refractivity contribution in [3.05, 3.63) is 20.8 Å². The van der Waals surface area contributed by atoms with Crippen LogP contribution in [0.3, 0.4) is 0 Å². The average molecular weight is 368 g/mol. The van der Waals surface area contributed by atoms with Crippen LogP contribution in [0.25, 0.3) is 11.2 Å². The van der Waals surface area contributed by atoms with Crippen molar-refractivity contribution in [2.24, 2.45) is 7.05 Å². The number of hydrogen-bond donors (Lipinski definition) is 1. The number of ether oxygens (including phenoxy) is 1. The summed E-state index contributed by atoms with van der Waals surface area (Å²) in [6, 6.07) is 0. The number of H-pyrrole nitrogens is 1. The smallest absolute Gasteiger partial charge is 0.329 e. The fourth-order valence-electron chi connectivity index (χ4n) is 2.46. The van der Waals surface area contributed by atoms with Gasteiger partial charge in [-0.2, -0.15) is 0 Å². The minimum absolute atomic E-state index is 0.116. The van der Waals surface area contributed by atoms with Gasteiger partial charge < -0.3 is 9.30 Å². The number of carbonyl (C=O) groups excluding carboxylic acids is 1. The first-order valence-corrected chi connectivity index (χ1v) is 9.46. The zero-order valence-corrected chi connectivity index (χ0v) is 15.6. The van der Waals surface area contributed by atoms with Crippen LogP contribution in [-0.2, 0) is 23.1 Å². The van der Waals surface area contributed by atoms with Crippen molar-refractivity contribution in [2.45, 2.75) is 51.2 Å². The second-order valence-corrected chi connectivity index (χ2v) is 6.70. The maximum atomic E-state index is 12.2. The number of nitrogens with zero attached hydrogens (tertiary/aromatic N) is 3. The van der Waals surface area contributed by atoms with Gasteiger partial charge in [-0.25, -0.2) is 9.78 Å². The van der Waals surface area contributed by atoms with Crippen LogP contribution in [0.15, 0.2) is 14.7 Å². The molecule has 0 saturated heterocycles. The van der Waals surface area contributed by atoms with Crippen LogP contribution in [-0.4, -0.2) is 37.4 Å². The number of fused-ring (bicyclic) bond motifs is 1. The van der Waals surface area contributed by atoms with Crippen LogP contribution >= 0.6 is 11.8 Å². The summed E-state index contributed by atoms with van der Waals surface area (Å²) < 4.78 is 8.24. The van der Waals surface area contributed by atoms with Gasteiger partial charge in [0, 0.05) is 13.6 Å². The van der Waals surface area contributed by atoms with Gasteiger partial charge in [0.15, 0.2) is 16.3 Å². The second kappa shape index (κ2) is 8.89. The third-order valence-corrected chi connectivity index (χ3v) is 4.70. The van der Waals surface area contributed by atoms with E-state index in [1.54, 1.807) is 11.6 Å². The zero-order valence-electron chi connectivity index (χ0n) is 14.8. The number of carbonyl (C=O) groups is 1. The first-order chi connectivity index (χ1) is 12.0. The number of hydrogen-bond acceptors (Lipinski definition) is 6. The Balaban J connectivity index is 2.20.